The van der Waals surface area contributed by atoms with Crippen LogP contribution in [-0.4, -0.2) is 11.5 Å². The van der Waals surface area contributed by atoms with E-state index in [1.807, 2.05) is 12.1 Å². The summed E-state index contributed by atoms with van der Waals surface area (Å²) in [5.74, 6) is 3.10. The highest BCUT2D eigenvalue weighted by Gasteiger charge is 2.09. The zero-order chi connectivity index (χ0) is 11.4. The Morgan fingerprint density at radius 3 is 2.81 bits per heavy atom. The molecule has 0 spiro atoms. The van der Waals surface area contributed by atoms with Crippen LogP contribution in [0.1, 0.15) is 25.0 Å². The zero-order valence-corrected chi connectivity index (χ0v) is 9.40. The van der Waals surface area contributed by atoms with Crippen LogP contribution in [0.3, 0.4) is 0 Å². The molecule has 4 nitrogen and oxygen atoms in total. The van der Waals surface area contributed by atoms with Gasteiger partial charge in [0.05, 0.1) is 6.20 Å². The van der Waals surface area contributed by atoms with Crippen LogP contribution in [0.15, 0.2) is 27.2 Å². The number of hydrogen-bond donors (Lipinski definition) is 1. The predicted molar refractivity (Wildman–Crippen MR) is 61.0 cm³/mol. The summed E-state index contributed by atoms with van der Waals surface area (Å²) in [4.78, 5) is 4.18. The van der Waals surface area contributed by atoms with Gasteiger partial charge in [0, 0.05) is 12.8 Å². The lowest BCUT2D eigenvalue weighted by molar-refractivity contribution is 0.466. The molecule has 2 N–H and O–H groups in total. The van der Waals surface area contributed by atoms with Crippen molar-refractivity contribution in [2.75, 3.05) is 6.54 Å². The summed E-state index contributed by atoms with van der Waals surface area (Å²) in [6, 6.07) is 3.86. The van der Waals surface area contributed by atoms with Gasteiger partial charge in [-0.3, -0.25) is 0 Å². The van der Waals surface area contributed by atoms with E-state index in [0.717, 1.165) is 36.7 Å². The molecule has 0 saturated heterocycles. The van der Waals surface area contributed by atoms with Crippen molar-refractivity contribution < 1.29 is 8.83 Å². The molecule has 0 radical (unpaired) electrons. The molecule has 16 heavy (non-hydrogen) atoms. The van der Waals surface area contributed by atoms with Gasteiger partial charge in [-0.05, 0) is 25.1 Å². The molecule has 0 aliphatic carbocycles. The Kier molecular flexibility index (Phi) is 3.41. The number of furan rings is 1. The van der Waals surface area contributed by atoms with Gasteiger partial charge in [0.15, 0.2) is 17.4 Å². The van der Waals surface area contributed by atoms with Crippen LogP contribution in [0.5, 0.6) is 0 Å². The highest BCUT2D eigenvalue weighted by Crippen LogP contribution is 2.23. The van der Waals surface area contributed by atoms with E-state index >= 15 is 0 Å². The van der Waals surface area contributed by atoms with E-state index in [2.05, 4.69) is 11.9 Å². The second-order valence-electron chi connectivity index (χ2n) is 3.63. The number of aryl methyl sites for hydroxylation is 2. The van der Waals surface area contributed by atoms with Crippen LogP contribution in [0.4, 0.5) is 0 Å². The summed E-state index contributed by atoms with van der Waals surface area (Å²) in [6.07, 6.45) is 4.24. The molecule has 0 amide bonds. The van der Waals surface area contributed by atoms with Gasteiger partial charge in [0.25, 0.3) is 0 Å². The molecule has 86 valence electrons. The summed E-state index contributed by atoms with van der Waals surface area (Å²) in [5.41, 5.74) is 5.43. The van der Waals surface area contributed by atoms with Crippen molar-refractivity contribution >= 4 is 0 Å². The first-order chi connectivity index (χ1) is 7.83. The first kappa shape index (κ1) is 11.0. The number of nitrogens with zero attached hydrogens (tertiary/aromatic N) is 1. The van der Waals surface area contributed by atoms with Crippen LogP contribution in [-0.2, 0) is 12.8 Å². The molecule has 2 heterocycles. The average Bonchev–Trinajstić information content (AvgIpc) is 2.94. The van der Waals surface area contributed by atoms with Crippen molar-refractivity contribution in [2.45, 2.75) is 26.2 Å². The number of nitrogens with two attached hydrogens (primary N) is 1. The maximum atomic E-state index is 5.58. The van der Waals surface area contributed by atoms with Gasteiger partial charge >= 0.3 is 0 Å². The van der Waals surface area contributed by atoms with E-state index in [4.69, 9.17) is 14.6 Å². The van der Waals surface area contributed by atoms with Crippen LogP contribution in [0.2, 0.25) is 0 Å². The predicted octanol–water partition coefficient (Wildman–Crippen LogP) is 2.39. The van der Waals surface area contributed by atoms with Crippen LogP contribution < -0.4 is 5.73 Å². The normalized spacial score (nSPS) is 10.9. The molecule has 0 aliphatic rings. The SMILES string of the molecule is CCc1ccc(-c2cnc(CCCN)o2)o1. The molecular weight excluding hydrogens is 204 g/mol. The van der Waals surface area contributed by atoms with Crippen molar-refractivity contribution in [3.8, 4) is 11.5 Å². The number of rotatable bonds is 5. The van der Waals surface area contributed by atoms with Crippen LogP contribution in [0, 0.1) is 0 Å². The van der Waals surface area contributed by atoms with E-state index in [1.54, 1.807) is 6.20 Å². The first-order valence-electron chi connectivity index (χ1n) is 5.57. The lowest BCUT2D eigenvalue weighted by Gasteiger charge is -1.92. The summed E-state index contributed by atoms with van der Waals surface area (Å²) < 4.78 is 11.1. The third-order valence-electron chi connectivity index (χ3n) is 2.40. The third-order valence-corrected chi connectivity index (χ3v) is 2.40. The third kappa shape index (κ3) is 2.33. The summed E-state index contributed by atoms with van der Waals surface area (Å²) in [6.45, 7) is 2.70. The lowest BCUT2D eigenvalue weighted by atomic mass is 10.3. The van der Waals surface area contributed by atoms with Gasteiger partial charge in [-0.15, -0.1) is 0 Å². The van der Waals surface area contributed by atoms with Gasteiger partial charge in [0.1, 0.15) is 5.76 Å². The van der Waals surface area contributed by atoms with E-state index in [-0.39, 0.29) is 0 Å². The number of aromatic nitrogens is 1. The Morgan fingerprint density at radius 1 is 1.25 bits per heavy atom. The van der Waals surface area contributed by atoms with Gasteiger partial charge in [-0.2, -0.15) is 0 Å². The largest absolute Gasteiger partial charge is 0.458 e. The Balaban J connectivity index is 2.11. The van der Waals surface area contributed by atoms with Gasteiger partial charge in [0.2, 0.25) is 0 Å². The fourth-order valence-corrected chi connectivity index (χ4v) is 1.49. The quantitative estimate of drug-likeness (QED) is 0.840. The molecule has 0 bridgehead atoms. The minimum Gasteiger partial charge on any atom is -0.458 e. The molecular formula is C12H16N2O2. The molecule has 4 heteroatoms. The van der Waals surface area contributed by atoms with Crippen LogP contribution >= 0.6 is 0 Å². The Labute approximate surface area is 94.5 Å². The molecule has 0 saturated carbocycles. The second kappa shape index (κ2) is 4.99. The van der Waals surface area contributed by atoms with Crippen molar-refractivity contribution in [2.24, 2.45) is 5.73 Å². The van der Waals surface area contributed by atoms with Crippen molar-refractivity contribution in [3.63, 3.8) is 0 Å². The molecule has 0 atom stereocenters. The van der Waals surface area contributed by atoms with Crippen molar-refractivity contribution in [3.05, 3.63) is 30.0 Å². The van der Waals surface area contributed by atoms with E-state index in [9.17, 15) is 0 Å². The minimum atomic E-state index is 0.651. The monoisotopic (exact) mass is 220 g/mol. The van der Waals surface area contributed by atoms with Gasteiger partial charge < -0.3 is 14.6 Å². The first-order valence-corrected chi connectivity index (χ1v) is 5.57. The van der Waals surface area contributed by atoms with Crippen molar-refractivity contribution in [1.29, 1.82) is 0 Å². The lowest BCUT2D eigenvalue weighted by Crippen LogP contribution is -2.00. The fourth-order valence-electron chi connectivity index (χ4n) is 1.49. The standard InChI is InChI=1S/C12H16N2O2/c1-2-9-5-6-10(15-9)11-8-14-12(16-11)4-3-7-13/h5-6,8H,2-4,7,13H2,1H3. The van der Waals surface area contributed by atoms with Gasteiger partial charge in [-0.25, -0.2) is 4.98 Å². The van der Waals surface area contributed by atoms with E-state index in [0.29, 0.717) is 12.3 Å². The highest BCUT2D eigenvalue weighted by molar-refractivity contribution is 5.48. The summed E-state index contributed by atoms with van der Waals surface area (Å²) in [7, 11) is 0. The maximum Gasteiger partial charge on any atom is 0.195 e. The molecule has 2 aromatic heterocycles. The topological polar surface area (TPSA) is 65.2 Å². The molecule has 0 fully saturated rings. The summed E-state index contributed by atoms with van der Waals surface area (Å²) >= 11 is 0. The Morgan fingerprint density at radius 2 is 2.12 bits per heavy atom. The fraction of sp³-hybridized carbons (Fsp3) is 0.417. The Bertz CT molecular complexity index is 445. The van der Waals surface area contributed by atoms with Crippen LogP contribution in [0.25, 0.3) is 11.5 Å². The van der Waals surface area contributed by atoms with E-state index < -0.39 is 0 Å². The van der Waals surface area contributed by atoms with Gasteiger partial charge in [-0.1, -0.05) is 6.92 Å². The Hall–Kier alpha value is -1.55. The highest BCUT2D eigenvalue weighted by atomic mass is 16.4. The molecule has 0 unspecified atom stereocenters. The molecule has 2 rings (SSSR count). The smallest absolute Gasteiger partial charge is 0.195 e. The number of oxazole rings is 1. The zero-order valence-electron chi connectivity index (χ0n) is 9.40. The molecule has 2 aromatic rings. The number of hydrogen-bond acceptors (Lipinski definition) is 4. The average molecular weight is 220 g/mol. The minimum absolute atomic E-state index is 0.651. The van der Waals surface area contributed by atoms with E-state index in [1.165, 1.54) is 0 Å². The summed E-state index contributed by atoms with van der Waals surface area (Å²) in [5, 5.41) is 0. The molecule has 0 aromatic carbocycles. The molecule has 0 aliphatic heterocycles. The second-order valence-corrected chi connectivity index (χ2v) is 3.63. The van der Waals surface area contributed by atoms with Crippen molar-refractivity contribution in [1.82, 2.24) is 4.98 Å². The maximum absolute atomic E-state index is 5.58.